The summed E-state index contributed by atoms with van der Waals surface area (Å²) < 4.78 is 8.27. The van der Waals surface area contributed by atoms with Crippen LogP contribution in [0.15, 0.2) is 24.3 Å². The topological polar surface area (TPSA) is 38.3 Å². The zero-order chi connectivity index (χ0) is 13.9. The van der Waals surface area contributed by atoms with Gasteiger partial charge in [-0.1, -0.05) is 12.1 Å². The minimum atomic E-state index is 0.633. The third-order valence-corrected chi connectivity index (χ3v) is 4.68. The molecule has 0 amide bonds. The summed E-state index contributed by atoms with van der Waals surface area (Å²) in [6.45, 7) is 5.01. The molecule has 0 aliphatic carbocycles. The molecule has 5 heteroatoms. The Bertz CT molecular complexity index is 597. The second-order valence-corrected chi connectivity index (χ2v) is 6.63. The average molecular weight is 383 g/mol. The summed E-state index contributed by atoms with van der Waals surface area (Å²) in [4.78, 5) is 9.13. The monoisotopic (exact) mass is 383 g/mol. The van der Waals surface area contributed by atoms with Crippen molar-refractivity contribution in [2.45, 2.75) is 19.8 Å². The van der Waals surface area contributed by atoms with E-state index in [0.29, 0.717) is 11.8 Å². The lowest BCUT2D eigenvalue weighted by Crippen LogP contribution is -2.29. The van der Waals surface area contributed by atoms with E-state index in [1.165, 1.54) is 12.8 Å². The van der Waals surface area contributed by atoms with Crippen LogP contribution in [0, 0.1) is 12.8 Å². The first kappa shape index (κ1) is 14.0. The Labute approximate surface area is 133 Å². The lowest BCUT2D eigenvalue weighted by molar-refractivity contribution is 0.190. The summed E-state index contributed by atoms with van der Waals surface area (Å²) in [6, 6.07) is 7.92. The van der Waals surface area contributed by atoms with Crippen molar-refractivity contribution < 1.29 is 4.74 Å². The second-order valence-electron chi connectivity index (χ2n) is 5.27. The van der Waals surface area contributed by atoms with Crippen LogP contribution in [0.25, 0.3) is 11.0 Å². The van der Waals surface area contributed by atoms with E-state index in [4.69, 9.17) is 4.74 Å². The molecular weight excluding hydrogens is 365 g/mol. The highest BCUT2D eigenvalue weighted by molar-refractivity contribution is 14.1. The van der Waals surface area contributed by atoms with E-state index in [0.717, 1.165) is 36.4 Å². The van der Waals surface area contributed by atoms with Crippen LogP contribution in [0.2, 0.25) is 0 Å². The third-order valence-electron chi connectivity index (χ3n) is 3.72. The quantitative estimate of drug-likeness (QED) is 0.602. The van der Waals surface area contributed by atoms with Crippen molar-refractivity contribution in [3.05, 3.63) is 30.0 Å². The van der Waals surface area contributed by atoms with Gasteiger partial charge in [-0.25, -0.2) is 13.1 Å². The Morgan fingerprint density at radius 2 is 1.85 bits per heavy atom. The first-order valence-electron chi connectivity index (χ1n) is 6.99. The summed E-state index contributed by atoms with van der Waals surface area (Å²) in [5.74, 6) is 1.31. The summed E-state index contributed by atoms with van der Waals surface area (Å²) in [5.41, 5.74) is 2.70. The molecule has 0 saturated carbocycles. The molecule has 2 aromatic rings. The molecule has 1 fully saturated rings. The first-order valence-corrected chi connectivity index (χ1v) is 7.96. The number of hydrogen-bond donors (Lipinski definition) is 0. The number of hydrogen-bond acceptors (Lipinski definition) is 4. The number of nitrogens with zero attached hydrogens (tertiary/aromatic N) is 3. The Balaban J connectivity index is 1.69. The number of halogens is 1. The molecular formula is C15H18IN3O. The number of fused-ring (bicyclic) bond motifs is 1. The molecule has 4 nitrogen and oxygen atoms in total. The van der Waals surface area contributed by atoms with Gasteiger partial charge in [0.2, 0.25) is 5.88 Å². The van der Waals surface area contributed by atoms with Crippen molar-refractivity contribution in [2.24, 2.45) is 5.92 Å². The zero-order valence-corrected chi connectivity index (χ0v) is 13.7. The van der Waals surface area contributed by atoms with Gasteiger partial charge in [-0.15, -0.1) is 0 Å². The van der Waals surface area contributed by atoms with Gasteiger partial charge in [0.25, 0.3) is 0 Å². The molecule has 20 heavy (non-hydrogen) atoms. The van der Waals surface area contributed by atoms with Crippen molar-refractivity contribution in [3.63, 3.8) is 0 Å². The molecule has 0 spiro atoms. The Kier molecular flexibility index (Phi) is 4.35. The van der Waals surface area contributed by atoms with Gasteiger partial charge >= 0.3 is 0 Å². The van der Waals surface area contributed by atoms with Gasteiger partial charge in [0.1, 0.15) is 5.69 Å². The van der Waals surface area contributed by atoms with E-state index in [9.17, 15) is 0 Å². The number of aryl methyl sites for hydroxylation is 1. The van der Waals surface area contributed by atoms with E-state index in [1.54, 1.807) is 0 Å². The lowest BCUT2D eigenvalue weighted by Gasteiger charge is -2.27. The lowest BCUT2D eigenvalue weighted by atomic mass is 9.99. The predicted octanol–water partition coefficient (Wildman–Crippen LogP) is 3.38. The Morgan fingerprint density at radius 3 is 2.55 bits per heavy atom. The molecule has 0 N–H and O–H groups in total. The van der Waals surface area contributed by atoms with Crippen LogP contribution in [0.3, 0.4) is 0 Å². The van der Waals surface area contributed by atoms with Crippen molar-refractivity contribution in [1.29, 1.82) is 0 Å². The van der Waals surface area contributed by atoms with Crippen LogP contribution < -0.4 is 4.74 Å². The van der Waals surface area contributed by atoms with Gasteiger partial charge < -0.3 is 4.74 Å². The van der Waals surface area contributed by atoms with Gasteiger partial charge in [-0.3, -0.25) is 0 Å². The third kappa shape index (κ3) is 3.20. The van der Waals surface area contributed by atoms with Crippen molar-refractivity contribution in [2.75, 3.05) is 19.7 Å². The van der Waals surface area contributed by atoms with Crippen molar-refractivity contribution in [1.82, 2.24) is 13.1 Å². The number of ether oxygens (including phenoxy) is 1. The predicted molar refractivity (Wildman–Crippen MR) is 88.1 cm³/mol. The second kappa shape index (κ2) is 6.22. The maximum atomic E-state index is 5.93. The number of piperidine rings is 1. The minimum absolute atomic E-state index is 0.633. The summed E-state index contributed by atoms with van der Waals surface area (Å²) >= 11 is 2.39. The molecule has 1 aliphatic heterocycles. The van der Waals surface area contributed by atoms with E-state index in [1.807, 2.05) is 31.2 Å². The number of aromatic nitrogens is 2. The molecule has 0 bridgehead atoms. The smallest absolute Gasteiger partial charge is 0.235 e. The molecule has 1 aromatic carbocycles. The van der Waals surface area contributed by atoms with Gasteiger partial charge in [-0.05, 0) is 37.8 Å². The van der Waals surface area contributed by atoms with Gasteiger partial charge in [0.05, 0.1) is 17.6 Å². The van der Waals surface area contributed by atoms with Crippen LogP contribution in [-0.2, 0) is 0 Å². The fourth-order valence-electron chi connectivity index (χ4n) is 2.47. The molecule has 106 valence electrons. The zero-order valence-electron chi connectivity index (χ0n) is 11.6. The normalized spacial score (nSPS) is 17.5. The number of benzene rings is 1. The Morgan fingerprint density at radius 1 is 1.20 bits per heavy atom. The molecule has 1 aliphatic rings. The molecule has 1 saturated heterocycles. The highest BCUT2D eigenvalue weighted by Crippen LogP contribution is 2.22. The molecule has 1 aromatic heterocycles. The molecule has 0 unspecified atom stereocenters. The van der Waals surface area contributed by atoms with Crippen LogP contribution >= 0.6 is 22.9 Å². The summed E-state index contributed by atoms with van der Waals surface area (Å²) in [6.07, 6.45) is 2.39. The van der Waals surface area contributed by atoms with Gasteiger partial charge in [0, 0.05) is 36.0 Å². The fourth-order valence-corrected chi connectivity index (χ4v) is 3.03. The first-order chi connectivity index (χ1) is 9.72. The van der Waals surface area contributed by atoms with Gasteiger partial charge in [0.15, 0.2) is 0 Å². The summed E-state index contributed by atoms with van der Waals surface area (Å²) in [5, 5.41) is 0. The van der Waals surface area contributed by atoms with E-state index < -0.39 is 0 Å². The van der Waals surface area contributed by atoms with Crippen molar-refractivity contribution in [3.8, 4) is 5.88 Å². The highest BCUT2D eigenvalue weighted by atomic mass is 127. The average Bonchev–Trinajstić information content (AvgIpc) is 2.47. The van der Waals surface area contributed by atoms with Crippen LogP contribution in [-0.4, -0.2) is 32.8 Å². The van der Waals surface area contributed by atoms with E-state index in [-0.39, 0.29) is 0 Å². The maximum Gasteiger partial charge on any atom is 0.235 e. The van der Waals surface area contributed by atoms with E-state index in [2.05, 4.69) is 35.9 Å². The molecule has 0 radical (unpaired) electrons. The molecule has 3 rings (SSSR count). The SMILES string of the molecule is Cc1nc2ccccc2nc1OCC1CCN(I)CC1. The maximum absolute atomic E-state index is 5.93. The van der Waals surface area contributed by atoms with Crippen molar-refractivity contribution >= 4 is 33.9 Å². The van der Waals surface area contributed by atoms with Crippen LogP contribution in [0.1, 0.15) is 18.5 Å². The number of para-hydroxylation sites is 2. The largest absolute Gasteiger partial charge is 0.476 e. The standard InChI is InChI=1S/C15H18IN3O/c1-11-15(18-14-5-3-2-4-13(14)17-11)20-10-12-6-8-19(16)9-7-12/h2-5,12H,6-10H2,1H3. The molecule has 2 heterocycles. The highest BCUT2D eigenvalue weighted by Gasteiger charge is 2.18. The number of rotatable bonds is 3. The molecule has 0 atom stereocenters. The summed E-state index contributed by atoms with van der Waals surface area (Å²) in [7, 11) is 0. The van der Waals surface area contributed by atoms with Crippen LogP contribution in [0.5, 0.6) is 5.88 Å². The Hall–Kier alpha value is -0.950. The minimum Gasteiger partial charge on any atom is -0.476 e. The van der Waals surface area contributed by atoms with E-state index >= 15 is 0 Å². The fraction of sp³-hybridized carbons (Fsp3) is 0.467. The van der Waals surface area contributed by atoms with Gasteiger partial charge in [-0.2, -0.15) is 0 Å². The van der Waals surface area contributed by atoms with Crippen LogP contribution in [0.4, 0.5) is 0 Å².